The molecule has 0 aromatic heterocycles. The molecule has 2 nitrogen and oxygen atoms in total. The number of hydrogen-bond donors (Lipinski definition) is 1. The van der Waals surface area contributed by atoms with Crippen molar-refractivity contribution in [3.05, 3.63) is 35.4 Å². The van der Waals surface area contributed by atoms with E-state index in [9.17, 15) is 18.3 Å². The molecule has 0 radical (unpaired) electrons. The van der Waals surface area contributed by atoms with Gasteiger partial charge in [-0.05, 0) is 37.1 Å². The first-order chi connectivity index (χ1) is 9.40. The number of nitrogens with zero attached hydrogens (tertiary/aromatic N) is 1. The summed E-state index contributed by atoms with van der Waals surface area (Å²) in [6, 6.07) is 5.26. The predicted molar refractivity (Wildman–Crippen MR) is 71.4 cm³/mol. The number of hydrogen-bond acceptors (Lipinski definition) is 2. The van der Waals surface area contributed by atoms with Crippen molar-refractivity contribution >= 4 is 0 Å². The Balaban J connectivity index is 2.02. The SMILES string of the molecule is CCN1CCC(O)C(Cc2ccc(C(F)(F)F)cc2)C1. The van der Waals surface area contributed by atoms with E-state index >= 15 is 0 Å². The zero-order valence-corrected chi connectivity index (χ0v) is 11.5. The zero-order chi connectivity index (χ0) is 14.8. The molecule has 1 N–H and O–H groups in total. The van der Waals surface area contributed by atoms with Crippen LogP contribution in [0.5, 0.6) is 0 Å². The number of aliphatic hydroxyl groups excluding tert-OH is 1. The van der Waals surface area contributed by atoms with Crippen molar-refractivity contribution in [1.29, 1.82) is 0 Å². The normalized spacial score (nSPS) is 24.9. The molecule has 5 heteroatoms. The quantitative estimate of drug-likeness (QED) is 0.924. The smallest absolute Gasteiger partial charge is 0.393 e. The third-order valence-electron chi connectivity index (χ3n) is 4.00. The largest absolute Gasteiger partial charge is 0.416 e. The fourth-order valence-corrected chi connectivity index (χ4v) is 2.72. The lowest BCUT2D eigenvalue weighted by Gasteiger charge is -2.35. The van der Waals surface area contributed by atoms with Gasteiger partial charge in [-0.15, -0.1) is 0 Å². The highest BCUT2D eigenvalue weighted by atomic mass is 19.4. The maximum absolute atomic E-state index is 12.5. The topological polar surface area (TPSA) is 23.5 Å². The van der Waals surface area contributed by atoms with E-state index in [-0.39, 0.29) is 12.0 Å². The average molecular weight is 287 g/mol. The van der Waals surface area contributed by atoms with E-state index in [1.165, 1.54) is 12.1 Å². The fourth-order valence-electron chi connectivity index (χ4n) is 2.72. The molecule has 1 aromatic rings. The first kappa shape index (κ1) is 15.3. The van der Waals surface area contributed by atoms with Gasteiger partial charge in [-0.3, -0.25) is 0 Å². The van der Waals surface area contributed by atoms with Gasteiger partial charge in [-0.25, -0.2) is 0 Å². The second kappa shape index (κ2) is 6.14. The Morgan fingerprint density at radius 3 is 2.45 bits per heavy atom. The summed E-state index contributed by atoms with van der Waals surface area (Å²) in [5.41, 5.74) is 0.223. The number of alkyl halides is 3. The molecular weight excluding hydrogens is 267 g/mol. The van der Waals surface area contributed by atoms with Crippen LogP contribution in [0.15, 0.2) is 24.3 Å². The van der Waals surface area contributed by atoms with Crippen molar-refractivity contribution in [1.82, 2.24) is 4.90 Å². The molecule has 112 valence electrons. The summed E-state index contributed by atoms with van der Waals surface area (Å²) in [5.74, 6) is 0.0976. The van der Waals surface area contributed by atoms with Gasteiger partial charge in [0.25, 0.3) is 0 Å². The molecule has 20 heavy (non-hydrogen) atoms. The minimum Gasteiger partial charge on any atom is -0.393 e. The molecule has 0 saturated carbocycles. The van der Waals surface area contributed by atoms with E-state index in [0.717, 1.165) is 43.8 Å². The van der Waals surface area contributed by atoms with E-state index in [1.807, 2.05) is 0 Å². The van der Waals surface area contributed by atoms with Crippen LogP contribution in [0.4, 0.5) is 13.2 Å². The van der Waals surface area contributed by atoms with E-state index in [0.29, 0.717) is 6.42 Å². The van der Waals surface area contributed by atoms with Crippen LogP contribution in [0.1, 0.15) is 24.5 Å². The molecule has 0 spiro atoms. The Labute approximate surface area is 117 Å². The number of likely N-dealkylation sites (tertiary alicyclic amines) is 1. The standard InChI is InChI=1S/C15H20F3NO/c1-2-19-8-7-14(20)12(10-19)9-11-3-5-13(6-4-11)15(16,17)18/h3-6,12,14,20H,2,7-10H2,1H3. The molecule has 1 heterocycles. The van der Waals surface area contributed by atoms with Gasteiger partial charge in [0, 0.05) is 19.0 Å². The van der Waals surface area contributed by atoms with Gasteiger partial charge in [-0.2, -0.15) is 13.2 Å². The van der Waals surface area contributed by atoms with Crippen molar-refractivity contribution in [2.45, 2.75) is 32.0 Å². The molecule has 1 aromatic carbocycles. The van der Waals surface area contributed by atoms with Gasteiger partial charge in [0.15, 0.2) is 0 Å². The van der Waals surface area contributed by atoms with Crippen molar-refractivity contribution in [2.75, 3.05) is 19.6 Å². The fraction of sp³-hybridized carbons (Fsp3) is 0.600. The van der Waals surface area contributed by atoms with Crippen LogP contribution >= 0.6 is 0 Å². The predicted octanol–water partition coefficient (Wildman–Crippen LogP) is 2.95. The van der Waals surface area contributed by atoms with Gasteiger partial charge >= 0.3 is 6.18 Å². The summed E-state index contributed by atoms with van der Waals surface area (Å²) in [4.78, 5) is 2.27. The second-order valence-corrected chi connectivity index (χ2v) is 5.41. The first-order valence-electron chi connectivity index (χ1n) is 6.96. The lowest BCUT2D eigenvalue weighted by atomic mass is 9.88. The second-order valence-electron chi connectivity index (χ2n) is 5.41. The van der Waals surface area contributed by atoms with Crippen LogP contribution in [0.2, 0.25) is 0 Å². The number of benzene rings is 1. The Morgan fingerprint density at radius 1 is 1.25 bits per heavy atom. The average Bonchev–Trinajstić information content (AvgIpc) is 2.41. The number of aliphatic hydroxyl groups is 1. The highest BCUT2D eigenvalue weighted by molar-refractivity contribution is 5.25. The molecule has 1 aliphatic heterocycles. The molecule has 0 aliphatic carbocycles. The Bertz CT molecular complexity index is 430. The monoisotopic (exact) mass is 287 g/mol. The summed E-state index contributed by atoms with van der Waals surface area (Å²) in [6.07, 6.45) is -3.29. The van der Waals surface area contributed by atoms with Gasteiger partial charge in [-0.1, -0.05) is 19.1 Å². The highest BCUT2D eigenvalue weighted by Gasteiger charge is 2.30. The van der Waals surface area contributed by atoms with Gasteiger partial charge in [0.1, 0.15) is 0 Å². The van der Waals surface area contributed by atoms with Crippen LogP contribution < -0.4 is 0 Å². The maximum Gasteiger partial charge on any atom is 0.416 e. The molecule has 1 aliphatic rings. The van der Waals surface area contributed by atoms with E-state index in [4.69, 9.17) is 0 Å². The van der Waals surface area contributed by atoms with Crippen molar-refractivity contribution in [2.24, 2.45) is 5.92 Å². The summed E-state index contributed by atoms with van der Waals surface area (Å²) in [5, 5.41) is 10.0. The Hall–Kier alpha value is -1.07. The zero-order valence-electron chi connectivity index (χ0n) is 11.5. The van der Waals surface area contributed by atoms with Crippen molar-refractivity contribution < 1.29 is 18.3 Å². The lowest BCUT2D eigenvalue weighted by molar-refractivity contribution is -0.137. The Morgan fingerprint density at radius 2 is 1.90 bits per heavy atom. The van der Waals surface area contributed by atoms with Gasteiger partial charge in [0.05, 0.1) is 11.7 Å². The molecule has 1 saturated heterocycles. The summed E-state index contributed by atoms with van der Waals surface area (Å²) in [6.45, 7) is 4.71. The van der Waals surface area contributed by atoms with Crippen molar-refractivity contribution in [3.63, 3.8) is 0 Å². The van der Waals surface area contributed by atoms with Crippen LogP contribution in [0, 0.1) is 5.92 Å². The number of rotatable bonds is 3. The molecule has 2 atom stereocenters. The lowest BCUT2D eigenvalue weighted by Crippen LogP contribution is -2.43. The van der Waals surface area contributed by atoms with Crippen LogP contribution in [-0.4, -0.2) is 35.7 Å². The highest BCUT2D eigenvalue weighted by Crippen LogP contribution is 2.30. The molecule has 1 fully saturated rings. The van der Waals surface area contributed by atoms with E-state index in [1.54, 1.807) is 0 Å². The summed E-state index contributed by atoms with van der Waals surface area (Å²) >= 11 is 0. The van der Waals surface area contributed by atoms with Crippen LogP contribution in [-0.2, 0) is 12.6 Å². The van der Waals surface area contributed by atoms with Gasteiger partial charge < -0.3 is 10.0 Å². The molecule has 0 amide bonds. The van der Waals surface area contributed by atoms with Gasteiger partial charge in [0.2, 0.25) is 0 Å². The Kier molecular flexibility index (Phi) is 4.70. The van der Waals surface area contributed by atoms with E-state index < -0.39 is 11.7 Å². The summed E-state index contributed by atoms with van der Waals surface area (Å²) in [7, 11) is 0. The minimum atomic E-state index is -4.29. The molecular formula is C15H20F3NO. The minimum absolute atomic E-state index is 0.0976. The number of piperidine rings is 1. The van der Waals surface area contributed by atoms with Crippen LogP contribution in [0.25, 0.3) is 0 Å². The third kappa shape index (κ3) is 3.73. The third-order valence-corrected chi connectivity index (χ3v) is 4.00. The number of halogens is 3. The van der Waals surface area contributed by atoms with E-state index in [2.05, 4.69) is 11.8 Å². The van der Waals surface area contributed by atoms with Crippen molar-refractivity contribution in [3.8, 4) is 0 Å². The molecule has 2 unspecified atom stereocenters. The first-order valence-corrected chi connectivity index (χ1v) is 6.96. The van der Waals surface area contributed by atoms with Crippen LogP contribution in [0.3, 0.4) is 0 Å². The maximum atomic E-state index is 12.5. The molecule has 0 bridgehead atoms. The summed E-state index contributed by atoms with van der Waals surface area (Å²) < 4.78 is 37.5. The molecule has 2 rings (SSSR count).